The van der Waals surface area contributed by atoms with E-state index in [1.54, 1.807) is 6.07 Å². The van der Waals surface area contributed by atoms with Crippen molar-refractivity contribution >= 4 is 5.97 Å². The minimum atomic E-state index is -0.421. The standard InChI is InChI=1S/C15H24N2O3/c1-4-11-9-17(12(5-2)8-16-11)10-13-6-7-14(20-13)15(18)19-3/h6-7,11-12,16H,4-5,8-10H2,1-3H3. The van der Waals surface area contributed by atoms with Crippen LogP contribution in [0.15, 0.2) is 16.5 Å². The van der Waals surface area contributed by atoms with Crippen LogP contribution >= 0.6 is 0 Å². The lowest BCUT2D eigenvalue weighted by molar-refractivity contribution is 0.0557. The molecule has 0 radical (unpaired) electrons. The van der Waals surface area contributed by atoms with E-state index in [0.717, 1.165) is 38.2 Å². The number of methoxy groups -OCH3 is 1. The molecule has 5 nitrogen and oxygen atoms in total. The van der Waals surface area contributed by atoms with E-state index in [9.17, 15) is 4.79 Å². The van der Waals surface area contributed by atoms with E-state index >= 15 is 0 Å². The van der Waals surface area contributed by atoms with Crippen molar-refractivity contribution in [2.75, 3.05) is 20.2 Å². The molecular weight excluding hydrogens is 256 g/mol. The number of nitrogens with one attached hydrogen (secondary N) is 1. The van der Waals surface area contributed by atoms with Gasteiger partial charge in [-0.05, 0) is 25.0 Å². The van der Waals surface area contributed by atoms with Crippen LogP contribution in [0.25, 0.3) is 0 Å². The zero-order chi connectivity index (χ0) is 14.5. The molecule has 1 aromatic rings. The van der Waals surface area contributed by atoms with E-state index in [0.29, 0.717) is 12.1 Å². The third-order valence-corrected chi connectivity index (χ3v) is 3.98. The fraction of sp³-hybridized carbons (Fsp3) is 0.667. The highest BCUT2D eigenvalue weighted by molar-refractivity contribution is 5.86. The second-order valence-electron chi connectivity index (χ2n) is 5.26. The molecular formula is C15H24N2O3. The summed E-state index contributed by atoms with van der Waals surface area (Å²) in [5.74, 6) is 0.674. The maximum atomic E-state index is 11.4. The van der Waals surface area contributed by atoms with Crippen LogP contribution in [0.5, 0.6) is 0 Å². The van der Waals surface area contributed by atoms with Gasteiger partial charge < -0.3 is 14.5 Å². The normalized spacial score (nSPS) is 23.8. The Hall–Kier alpha value is -1.33. The van der Waals surface area contributed by atoms with Crippen LogP contribution in [0, 0.1) is 0 Å². The Kier molecular flexibility index (Phi) is 5.20. The maximum absolute atomic E-state index is 11.4. The Labute approximate surface area is 120 Å². The van der Waals surface area contributed by atoms with Gasteiger partial charge in [-0.25, -0.2) is 4.79 Å². The van der Waals surface area contributed by atoms with Gasteiger partial charge in [0.15, 0.2) is 0 Å². The largest absolute Gasteiger partial charge is 0.463 e. The van der Waals surface area contributed by atoms with Crippen LogP contribution < -0.4 is 5.32 Å². The molecule has 1 aromatic heterocycles. The highest BCUT2D eigenvalue weighted by atomic mass is 16.5. The Morgan fingerprint density at radius 1 is 1.45 bits per heavy atom. The third kappa shape index (κ3) is 3.41. The van der Waals surface area contributed by atoms with Crippen LogP contribution in [-0.2, 0) is 11.3 Å². The summed E-state index contributed by atoms with van der Waals surface area (Å²) in [7, 11) is 1.36. The molecule has 0 aromatic carbocycles. The summed E-state index contributed by atoms with van der Waals surface area (Å²) < 4.78 is 10.2. The SMILES string of the molecule is CCC1CN(Cc2ccc(C(=O)OC)o2)C(CC)CN1. The van der Waals surface area contributed by atoms with Gasteiger partial charge in [0.2, 0.25) is 5.76 Å². The molecule has 112 valence electrons. The number of esters is 1. The topological polar surface area (TPSA) is 54.7 Å². The summed E-state index contributed by atoms with van der Waals surface area (Å²) in [6.07, 6.45) is 2.23. The van der Waals surface area contributed by atoms with E-state index in [4.69, 9.17) is 4.42 Å². The van der Waals surface area contributed by atoms with Gasteiger partial charge in [0.05, 0.1) is 13.7 Å². The van der Waals surface area contributed by atoms with Gasteiger partial charge in [-0.1, -0.05) is 13.8 Å². The molecule has 0 bridgehead atoms. The van der Waals surface area contributed by atoms with Crippen LogP contribution in [0.2, 0.25) is 0 Å². The fourth-order valence-electron chi connectivity index (χ4n) is 2.67. The van der Waals surface area contributed by atoms with Gasteiger partial charge >= 0.3 is 5.97 Å². The van der Waals surface area contributed by atoms with Gasteiger partial charge in [0.1, 0.15) is 5.76 Å². The number of hydrogen-bond donors (Lipinski definition) is 1. The minimum Gasteiger partial charge on any atom is -0.463 e. The van der Waals surface area contributed by atoms with Gasteiger partial charge in [0.25, 0.3) is 0 Å². The first-order chi connectivity index (χ1) is 9.67. The fourth-order valence-corrected chi connectivity index (χ4v) is 2.67. The third-order valence-electron chi connectivity index (χ3n) is 3.98. The van der Waals surface area contributed by atoms with Crippen LogP contribution in [0.4, 0.5) is 0 Å². The maximum Gasteiger partial charge on any atom is 0.373 e. The lowest BCUT2D eigenvalue weighted by atomic mass is 10.1. The van der Waals surface area contributed by atoms with Crippen molar-refractivity contribution in [2.45, 2.75) is 45.3 Å². The van der Waals surface area contributed by atoms with Crippen molar-refractivity contribution in [1.82, 2.24) is 10.2 Å². The molecule has 1 N–H and O–H groups in total. The summed E-state index contributed by atoms with van der Waals surface area (Å²) in [6.45, 7) is 7.18. The Balaban J connectivity index is 2.02. The smallest absolute Gasteiger partial charge is 0.373 e. The molecule has 0 saturated carbocycles. The first-order valence-electron chi connectivity index (χ1n) is 7.32. The molecule has 2 rings (SSSR count). The van der Waals surface area contributed by atoms with E-state index in [1.807, 2.05) is 6.07 Å². The summed E-state index contributed by atoms with van der Waals surface area (Å²) in [6, 6.07) is 4.60. The number of rotatable bonds is 5. The average Bonchev–Trinajstić information content (AvgIpc) is 2.94. The molecule has 2 heterocycles. The molecule has 2 atom stereocenters. The van der Waals surface area contributed by atoms with Crippen molar-refractivity contribution in [1.29, 1.82) is 0 Å². The molecule has 2 unspecified atom stereocenters. The van der Waals surface area contributed by atoms with Crippen LogP contribution in [-0.4, -0.2) is 43.2 Å². The van der Waals surface area contributed by atoms with Gasteiger partial charge in [-0.15, -0.1) is 0 Å². The first-order valence-corrected chi connectivity index (χ1v) is 7.32. The highest BCUT2D eigenvalue weighted by Gasteiger charge is 2.26. The Morgan fingerprint density at radius 2 is 2.25 bits per heavy atom. The molecule has 1 aliphatic heterocycles. The molecule has 1 aliphatic rings. The Bertz CT molecular complexity index is 444. The van der Waals surface area contributed by atoms with Gasteiger partial charge in [0, 0.05) is 25.2 Å². The summed E-state index contributed by atoms with van der Waals surface area (Å²) in [5.41, 5.74) is 0. The molecule has 1 fully saturated rings. The van der Waals surface area contributed by atoms with Gasteiger partial charge in [-0.3, -0.25) is 4.90 Å². The van der Waals surface area contributed by atoms with E-state index < -0.39 is 5.97 Å². The number of ether oxygens (including phenoxy) is 1. The van der Waals surface area contributed by atoms with Crippen molar-refractivity contribution < 1.29 is 13.9 Å². The Morgan fingerprint density at radius 3 is 2.90 bits per heavy atom. The first kappa shape index (κ1) is 15.1. The summed E-state index contributed by atoms with van der Waals surface area (Å²) in [5, 5.41) is 3.57. The number of hydrogen-bond acceptors (Lipinski definition) is 5. The zero-order valence-electron chi connectivity index (χ0n) is 12.5. The summed E-state index contributed by atoms with van der Waals surface area (Å²) >= 11 is 0. The lowest BCUT2D eigenvalue weighted by Gasteiger charge is -2.39. The van der Waals surface area contributed by atoms with E-state index in [2.05, 4.69) is 28.8 Å². The molecule has 5 heteroatoms. The highest BCUT2D eigenvalue weighted by Crippen LogP contribution is 2.18. The number of carbonyl (C=O) groups excluding carboxylic acids is 1. The van der Waals surface area contributed by atoms with Gasteiger partial charge in [-0.2, -0.15) is 0 Å². The van der Waals surface area contributed by atoms with Crippen molar-refractivity contribution in [3.63, 3.8) is 0 Å². The van der Waals surface area contributed by atoms with Crippen molar-refractivity contribution in [3.05, 3.63) is 23.7 Å². The predicted octanol–water partition coefficient (Wildman–Crippen LogP) is 2.03. The number of furan rings is 1. The number of carbonyl (C=O) groups is 1. The molecule has 0 spiro atoms. The number of piperazine rings is 1. The van der Waals surface area contributed by atoms with Crippen LogP contribution in [0.1, 0.15) is 43.0 Å². The molecule has 1 saturated heterocycles. The van der Waals surface area contributed by atoms with Crippen LogP contribution in [0.3, 0.4) is 0 Å². The molecule has 0 amide bonds. The van der Waals surface area contributed by atoms with E-state index in [-0.39, 0.29) is 5.76 Å². The summed E-state index contributed by atoms with van der Waals surface area (Å²) in [4.78, 5) is 13.8. The zero-order valence-corrected chi connectivity index (χ0v) is 12.5. The monoisotopic (exact) mass is 280 g/mol. The number of nitrogens with zero attached hydrogens (tertiary/aromatic N) is 1. The van der Waals surface area contributed by atoms with Crippen molar-refractivity contribution in [2.24, 2.45) is 0 Å². The second kappa shape index (κ2) is 6.90. The minimum absolute atomic E-state index is 0.276. The average molecular weight is 280 g/mol. The van der Waals surface area contributed by atoms with E-state index in [1.165, 1.54) is 7.11 Å². The quantitative estimate of drug-likeness (QED) is 0.836. The van der Waals surface area contributed by atoms with Crippen molar-refractivity contribution in [3.8, 4) is 0 Å². The second-order valence-corrected chi connectivity index (χ2v) is 5.26. The lowest BCUT2D eigenvalue weighted by Crippen LogP contribution is -2.55. The predicted molar refractivity (Wildman–Crippen MR) is 76.6 cm³/mol. The molecule has 20 heavy (non-hydrogen) atoms. The molecule has 0 aliphatic carbocycles.